The van der Waals surface area contributed by atoms with Crippen molar-refractivity contribution in [2.45, 2.75) is 12.8 Å². The average Bonchev–Trinajstić information content (AvgIpc) is 2.34. The van der Waals surface area contributed by atoms with E-state index in [0.29, 0.717) is 18.6 Å². The number of nitrogens with zero attached hydrogens (tertiary/aromatic N) is 1. The molecule has 0 aliphatic heterocycles. The van der Waals surface area contributed by atoms with Crippen LogP contribution in [0, 0.1) is 0 Å². The van der Waals surface area contributed by atoms with Crippen LogP contribution < -0.4 is 0 Å². The fraction of sp³-hybridized carbons (Fsp3) is 0.455. The smallest absolute Gasteiger partial charge is 0.338 e. The predicted molar refractivity (Wildman–Crippen MR) is 56.9 cm³/mol. The highest BCUT2D eigenvalue weighted by Gasteiger charge is 2.10. The zero-order valence-electron chi connectivity index (χ0n) is 9.43. The first-order valence-electron chi connectivity index (χ1n) is 4.96. The van der Waals surface area contributed by atoms with Crippen molar-refractivity contribution in [2.24, 2.45) is 0 Å². The molecule has 0 atom stereocenters. The van der Waals surface area contributed by atoms with Crippen molar-refractivity contribution in [3.05, 3.63) is 29.6 Å². The van der Waals surface area contributed by atoms with Gasteiger partial charge in [-0.1, -0.05) is 0 Å². The summed E-state index contributed by atoms with van der Waals surface area (Å²) in [7, 11) is 2.82. The predicted octanol–water partition coefficient (Wildman–Crippen LogP) is 1.38. The molecule has 5 heteroatoms. The Labute approximate surface area is 94.3 Å². The zero-order valence-corrected chi connectivity index (χ0v) is 9.43. The Hall–Kier alpha value is -1.46. The molecule has 0 spiro atoms. The van der Waals surface area contributed by atoms with E-state index in [9.17, 15) is 4.79 Å². The summed E-state index contributed by atoms with van der Waals surface area (Å²) in [5.41, 5.74) is 1.41. The number of rotatable bonds is 6. The lowest BCUT2D eigenvalue weighted by Crippen LogP contribution is -2.07. The van der Waals surface area contributed by atoms with Crippen molar-refractivity contribution in [3.8, 4) is 0 Å². The molecule has 1 aromatic heterocycles. The minimum absolute atomic E-state index is 0.343. The van der Waals surface area contributed by atoms with Gasteiger partial charge < -0.3 is 4.74 Å². The van der Waals surface area contributed by atoms with E-state index in [-0.39, 0.29) is 5.97 Å². The molecule has 1 rings (SSSR count). The second-order valence-corrected chi connectivity index (χ2v) is 3.12. The van der Waals surface area contributed by atoms with Crippen LogP contribution >= 0.6 is 0 Å². The molecule has 5 nitrogen and oxygen atoms in total. The Balaban J connectivity index is 2.60. The van der Waals surface area contributed by atoms with E-state index in [4.69, 9.17) is 4.89 Å². The van der Waals surface area contributed by atoms with Crippen molar-refractivity contribution in [1.82, 2.24) is 4.98 Å². The SMILES string of the molecule is COOCCCc1cnccc1C(=O)OC. The molecule has 0 unspecified atom stereocenters. The topological polar surface area (TPSA) is 57.7 Å². The molecule has 0 N–H and O–H groups in total. The molecule has 0 radical (unpaired) electrons. The minimum Gasteiger partial charge on any atom is -0.465 e. The van der Waals surface area contributed by atoms with Gasteiger partial charge in [-0.15, -0.1) is 0 Å². The van der Waals surface area contributed by atoms with Gasteiger partial charge in [0, 0.05) is 12.4 Å². The molecular formula is C11H15NO4. The van der Waals surface area contributed by atoms with Crippen LogP contribution in [0.1, 0.15) is 22.3 Å². The molecule has 0 aliphatic carbocycles. The third kappa shape index (κ3) is 3.60. The number of pyridine rings is 1. The largest absolute Gasteiger partial charge is 0.465 e. The Kier molecular flexibility index (Phi) is 5.45. The molecule has 0 saturated carbocycles. The molecule has 0 amide bonds. The molecule has 1 aromatic rings. The number of aryl methyl sites for hydroxylation is 1. The Morgan fingerprint density at radius 1 is 1.44 bits per heavy atom. The minimum atomic E-state index is -0.343. The van der Waals surface area contributed by atoms with Gasteiger partial charge in [-0.2, -0.15) is 0 Å². The van der Waals surface area contributed by atoms with Crippen molar-refractivity contribution < 1.29 is 19.3 Å². The summed E-state index contributed by atoms with van der Waals surface area (Å²) >= 11 is 0. The van der Waals surface area contributed by atoms with E-state index in [1.807, 2.05) is 0 Å². The standard InChI is InChI=1S/C11H15NO4/c1-14-11(13)10-5-6-12-8-9(10)4-3-7-16-15-2/h5-6,8H,3-4,7H2,1-2H3. The number of hydrogen-bond donors (Lipinski definition) is 0. The van der Waals surface area contributed by atoms with Crippen LogP contribution in [0.4, 0.5) is 0 Å². The maximum Gasteiger partial charge on any atom is 0.338 e. The van der Waals surface area contributed by atoms with Gasteiger partial charge in [0.1, 0.15) is 0 Å². The van der Waals surface area contributed by atoms with Gasteiger partial charge in [0.25, 0.3) is 0 Å². The second kappa shape index (κ2) is 6.92. The molecule has 0 saturated heterocycles. The quantitative estimate of drug-likeness (QED) is 0.317. The van der Waals surface area contributed by atoms with E-state index in [1.54, 1.807) is 18.5 Å². The van der Waals surface area contributed by atoms with Gasteiger partial charge in [-0.05, 0) is 24.5 Å². The number of hydrogen-bond acceptors (Lipinski definition) is 5. The monoisotopic (exact) mass is 225 g/mol. The fourth-order valence-electron chi connectivity index (χ4n) is 1.34. The molecule has 88 valence electrons. The first-order valence-corrected chi connectivity index (χ1v) is 4.96. The molecule has 16 heavy (non-hydrogen) atoms. The first kappa shape index (κ1) is 12.6. The highest BCUT2D eigenvalue weighted by Crippen LogP contribution is 2.10. The van der Waals surface area contributed by atoms with Gasteiger partial charge >= 0.3 is 5.97 Å². The van der Waals surface area contributed by atoms with Crippen LogP contribution in [-0.4, -0.2) is 31.8 Å². The molecule has 1 heterocycles. The molecule has 0 aliphatic rings. The number of esters is 1. The number of methoxy groups -OCH3 is 1. The van der Waals surface area contributed by atoms with Crippen molar-refractivity contribution in [1.29, 1.82) is 0 Å². The van der Waals surface area contributed by atoms with E-state index in [1.165, 1.54) is 14.2 Å². The lowest BCUT2D eigenvalue weighted by molar-refractivity contribution is -0.272. The number of aromatic nitrogens is 1. The van der Waals surface area contributed by atoms with Gasteiger partial charge in [0.15, 0.2) is 0 Å². The average molecular weight is 225 g/mol. The normalized spacial score (nSPS) is 10.1. The Morgan fingerprint density at radius 2 is 2.25 bits per heavy atom. The zero-order chi connectivity index (χ0) is 11.8. The molecule has 0 fully saturated rings. The molecule has 0 bridgehead atoms. The van der Waals surface area contributed by atoms with E-state index < -0.39 is 0 Å². The number of carbonyl (C=O) groups excluding carboxylic acids is 1. The van der Waals surface area contributed by atoms with Crippen LogP contribution in [0.15, 0.2) is 18.5 Å². The maximum absolute atomic E-state index is 11.4. The van der Waals surface area contributed by atoms with E-state index in [0.717, 1.165) is 12.0 Å². The summed E-state index contributed by atoms with van der Waals surface area (Å²) < 4.78 is 4.68. The van der Waals surface area contributed by atoms with Gasteiger partial charge in [-0.25, -0.2) is 14.6 Å². The lowest BCUT2D eigenvalue weighted by Gasteiger charge is -2.06. The summed E-state index contributed by atoms with van der Waals surface area (Å²) in [6, 6.07) is 1.65. The number of carbonyl (C=O) groups is 1. The van der Waals surface area contributed by atoms with Crippen molar-refractivity contribution in [3.63, 3.8) is 0 Å². The first-order chi connectivity index (χ1) is 7.79. The summed E-state index contributed by atoms with van der Waals surface area (Å²) in [6.07, 6.45) is 4.69. The molecular weight excluding hydrogens is 210 g/mol. The van der Waals surface area contributed by atoms with Gasteiger partial charge in [0.2, 0.25) is 0 Å². The Bertz CT molecular complexity index is 341. The highest BCUT2D eigenvalue weighted by atomic mass is 17.2. The van der Waals surface area contributed by atoms with Gasteiger partial charge in [-0.3, -0.25) is 4.98 Å². The summed E-state index contributed by atoms with van der Waals surface area (Å²) in [5.74, 6) is -0.343. The van der Waals surface area contributed by atoms with Crippen LogP contribution in [-0.2, 0) is 20.9 Å². The van der Waals surface area contributed by atoms with Crippen LogP contribution in [0.3, 0.4) is 0 Å². The lowest BCUT2D eigenvalue weighted by atomic mass is 10.1. The molecule has 0 aromatic carbocycles. The Morgan fingerprint density at radius 3 is 2.94 bits per heavy atom. The van der Waals surface area contributed by atoms with Crippen molar-refractivity contribution >= 4 is 5.97 Å². The van der Waals surface area contributed by atoms with Crippen molar-refractivity contribution in [2.75, 3.05) is 20.8 Å². The van der Waals surface area contributed by atoms with Crippen LogP contribution in [0.5, 0.6) is 0 Å². The summed E-state index contributed by atoms with van der Waals surface area (Å²) in [5, 5.41) is 0. The summed E-state index contributed by atoms with van der Waals surface area (Å²) in [6.45, 7) is 0.478. The van der Waals surface area contributed by atoms with Crippen LogP contribution in [0.25, 0.3) is 0 Å². The second-order valence-electron chi connectivity index (χ2n) is 3.12. The van der Waals surface area contributed by atoms with E-state index >= 15 is 0 Å². The fourth-order valence-corrected chi connectivity index (χ4v) is 1.34. The van der Waals surface area contributed by atoms with Crippen LogP contribution in [0.2, 0.25) is 0 Å². The third-order valence-corrected chi connectivity index (χ3v) is 2.10. The summed E-state index contributed by atoms with van der Waals surface area (Å²) in [4.78, 5) is 24.6. The van der Waals surface area contributed by atoms with E-state index in [2.05, 4.69) is 14.6 Å². The third-order valence-electron chi connectivity index (χ3n) is 2.10. The van der Waals surface area contributed by atoms with Gasteiger partial charge in [0.05, 0.1) is 26.4 Å². The maximum atomic E-state index is 11.4. The highest BCUT2D eigenvalue weighted by molar-refractivity contribution is 5.90. The number of ether oxygens (including phenoxy) is 1.